The molecule has 0 bridgehead atoms. The monoisotopic (exact) mass is 257 g/mol. The first-order chi connectivity index (χ1) is 6.74. The molecule has 0 aliphatic heterocycles. The number of ether oxygens (including phenoxy) is 1. The van der Waals surface area contributed by atoms with Gasteiger partial charge in [-0.15, -0.1) is 0 Å². The molecule has 3 heteroatoms. The fourth-order valence-corrected chi connectivity index (χ4v) is 1.65. The molecule has 0 spiro atoms. The van der Waals surface area contributed by atoms with Crippen LogP contribution in [0.4, 0.5) is 0 Å². The lowest BCUT2D eigenvalue weighted by Gasteiger charge is -2.12. The predicted molar refractivity (Wildman–Crippen MR) is 61.5 cm³/mol. The Kier molecular flexibility index (Phi) is 4.94. The molecule has 2 nitrogen and oxygen atoms in total. The van der Waals surface area contributed by atoms with Crippen molar-refractivity contribution in [2.45, 2.75) is 26.7 Å². The first kappa shape index (κ1) is 11.5. The van der Waals surface area contributed by atoms with Gasteiger partial charge >= 0.3 is 0 Å². The molecule has 0 radical (unpaired) electrons. The van der Waals surface area contributed by atoms with E-state index in [1.165, 1.54) is 12.8 Å². The Hall–Kier alpha value is -0.570. The molecule has 0 aliphatic rings. The summed E-state index contributed by atoms with van der Waals surface area (Å²) in [5, 5.41) is 0. The fraction of sp³-hybridized carbons (Fsp3) is 0.545. The van der Waals surface area contributed by atoms with Crippen LogP contribution in [0.2, 0.25) is 0 Å². The highest BCUT2D eigenvalue weighted by Crippen LogP contribution is 2.23. The average Bonchev–Trinajstić information content (AvgIpc) is 2.17. The third kappa shape index (κ3) is 3.66. The van der Waals surface area contributed by atoms with Crippen LogP contribution in [0.1, 0.15) is 26.7 Å². The Bertz CT molecular complexity index is 278. The largest absolute Gasteiger partial charge is 0.492 e. The van der Waals surface area contributed by atoms with Gasteiger partial charge in [-0.2, -0.15) is 0 Å². The van der Waals surface area contributed by atoms with E-state index in [0.29, 0.717) is 5.92 Å². The summed E-state index contributed by atoms with van der Waals surface area (Å²) in [6.45, 7) is 5.17. The number of nitrogens with zero attached hydrogens (tertiary/aromatic N) is 1. The molecule has 0 saturated carbocycles. The Morgan fingerprint density at radius 2 is 2.36 bits per heavy atom. The quantitative estimate of drug-likeness (QED) is 0.804. The van der Waals surface area contributed by atoms with Gasteiger partial charge in [0.15, 0.2) is 0 Å². The normalized spacial score (nSPS) is 12.5. The van der Waals surface area contributed by atoms with Crippen molar-refractivity contribution >= 4 is 15.9 Å². The highest BCUT2D eigenvalue weighted by Gasteiger charge is 2.04. The van der Waals surface area contributed by atoms with Crippen LogP contribution in [0.25, 0.3) is 0 Å². The summed E-state index contributed by atoms with van der Waals surface area (Å²) in [5.74, 6) is 1.49. The van der Waals surface area contributed by atoms with E-state index in [1.807, 2.05) is 6.07 Å². The van der Waals surface area contributed by atoms with Crippen molar-refractivity contribution < 1.29 is 4.74 Å². The van der Waals surface area contributed by atoms with Crippen molar-refractivity contribution in [1.29, 1.82) is 0 Å². The molecule has 14 heavy (non-hydrogen) atoms. The van der Waals surface area contributed by atoms with Gasteiger partial charge in [0.25, 0.3) is 0 Å². The van der Waals surface area contributed by atoms with Gasteiger partial charge in [0.2, 0.25) is 0 Å². The predicted octanol–water partition coefficient (Wildman–Crippen LogP) is 3.66. The van der Waals surface area contributed by atoms with Crippen LogP contribution in [-0.4, -0.2) is 11.6 Å². The molecule has 1 atom stereocenters. The zero-order valence-corrected chi connectivity index (χ0v) is 10.3. The zero-order chi connectivity index (χ0) is 10.4. The van der Waals surface area contributed by atoms with E-state index in [-0.39, 0.29) is 0 Å². The minimum absolute atomic E-state index is 0.611. The van der Waals surface area contributed by atoms with Gasteiger partial charge in [-0.05, 0) is 34.3 Å². The van der Waals surface area contributed by atoms with E-state index in [0.717, 1.165) is 16.8 Å². The summed E-state index contributed by atoms with van der Waals surface area (Å²) in [7, 11) is 0. The van der Waals surface area contributed by atoms with Crippen molar-refractivity contribution in [2.75, 3.05) is 6.61 Å². The maximum atomic E-state index is 5.66. The molecule has 0 N–H and O–H groups in total. The second-order valence-electron chi connectivity index (χ2n) is 3.51. The Labute approximate surface area is 93.8 Å². The number of aromatic nitrogens is 1. The minimum atomic E-state index is 0.611. The van der Waals surface area contributed by atoms with E-state index in [9.17, 15) is 0 Å². The maximum Gasteiger partial charge on any atom is 0.136 e. The Morgan fingerprint density at radius 3 is 3.00 bits per heavy atom. The van der Waals surface area contributed by atoms with Crippen LogP contribution >= 0.6 is 15.9 Å². The van der Waals surface area contributed by atoms with Gasteiger partial charge in [0.1, 0.15) is 5.75 Å². The number of halogens is 1. The van der Waals surface area contributed by atoms with Gasteiger partial charge in [-0.1, -0.05) is 20.3 Å². The molecule has 1 aromatic heterocycles. The van der Waals surface area contributed by atoms with Gasteiger partial charge < -0.3 is 4.74 Å². The molecule has 1 heterocycles. The molecule has 0 aliphatic carbocycles. The lowest BCUT2D eigenvalue weighted by molar-refractivity contribution is 0.250. The molecular weight excluding hydrogens is 242 g/mol. The SMILES string of the molecule is CCCC(C)COc1ccncc1Br. The molecule has 0 fully saturated rings. The zero-order valence-electron chi connectivity index (χ0n) is 8.66. The van der Waals surface area contributed by atoms with Crippen molar-refractivity contribution in [1.82, 2.24) is 4.98 Å². The van der Waals surface area contributed by atoms with Gasteiger partial charge in [-0.25, -0.2) is 0 Å². The smallest absolute Gasteiger partial charge is 0.136 e. The van der Waals surface area contributed by atoms with Crippen LogP contribution in [0.5, 0.6) is 5.75 Å². The summed E-state index contributed by atoms with van der Waals surface area (Å²) in [5.41, 5.74) is 0. The first-order valence-corrected chi connectivity index (χ1v) is 5.75. The van der Waals surface area contributed by atoms with Crippen molar-refractivity contribution in [3.63, 3.8) is 0 Å². The van der Waals surface area contributed by atoms with E-state index >= 15 is 0 Å². The average molecular weight is 258 g/mol. The summed E-state index contributed by atoms with van der Waals surface area (Å²) in [6, 6.07) is 1.88. The fourth-order valence-electron chi connectivity index (χ4n) is 1.29. The molecule has 0 amide bonds. The van der Waals surface area contributed by atoms with Gasteiger partial charge in [0, 0.05) is 12.4 Å². The first-order valence-electron chi connectivity index (χ1n) is 4.96. The van der Waals surface area contributed by atoms with Crippen LogP contribution in [-0.2, 0) is 0 Å². The van der Waals surface area contributed by atoms with Gasteiger partial charge in [0.05, 0.1) is 11.1 Å². The van der Waals surface area contributed by atoms with Crippen molar-refractivity contribution in [3.05, 3.63) is 22.9 Å². The topological polar surface area (TPSA) is 22.1 Å². The molecular formula is C11H16BrNO. The Balaban J connectivity index is 2.41. The van der Waals surface area contributed by atoms with E-state index in [4.69, 9.17) is 4.74 Å². The highest BCUT2D eigenvalue weighted by molar-refractivity contribution is 9.10. The molecule has 78 valence electrons. The third-order valence-corrected chi connectivity index (χ3v) is 2.64. The van der Waals surface area contributed by atoms with Crippen molar-refractivity contribution in [3.8, 4) is 5.75 Å². The summed E-state index contributed by atoms with van der Waals surface area (Å²) >= 11 is 3.40. The second-order valence-corrected chi connectivity index (χ2v) is 4.37. The van der Waals surface area contributed by atoms with Crippen molar-refractivity contribution in [2.24, 2.45) is 5.92 Å². The Morgan fingerprint density at radius 1 is 1.57 bits per heavy atom. The third-order valence-electron chi connectivity index (χ3n) is 2.04. The summed E-state index contributed by atoms with van der Waals surface area (Å²) in [4.78, 5) is 3.98. The van der Waals surface area contributed by atoms with E-state index < -0.39 is 0 Å². The summed E-state index contributed by atoms with van der Waals surface area (Å²) in [6.07, 6.45) is 5.91. The van der Waals surface area contributed by atoms with Gasteiger partial charge in [-0.3, -0.25) is 4.98 Å². The van der Waals surface area contributed by atoms with E-state index in [1.54, 1.807) is 12.4 Å². The van der Waals surface area contributed by atoms with Crippen LogP contribution in [0, 0.1) is 5.92 Å². The maximum absolute atomic E-state index is 5.66. The minimum Gasteiger partial charge on any atom is -0.492 e. The van der Waals surface area contributed by atoms with Crippen LogP contribution < -0.4 is 4.74 Å². The highest BCUT2D eigenvalue weighted by atomic mass is 79.9. The summed E-state index contributed by atoms with van der Waals surface area (Å²) < 4.78 is 6.58. The van der Waals surface area contributed by atoms with Crippen LogP contribution in [0.3, 0.4) is 0 Å². The molecule has 0 saturated heterocycles. The molecule has 1 unspecified atom stereocenters. The number of pyridine rings is 1. The standard InChI is InChI=1S/C11H16BrNO/c1-3-4-9(2)8-14-11-5-6-13-7-10(11)12/h5-7,9H,3-4,8H2,1-2H3. The molecule has 1 aromatic rings. The number of hydrogen-bond donors (Lipinski definition) is 0. The number of hydrogen-bond acceptors (Lipinski definition) is 2. The van der Waals surface area contributed by atoms with E-state index in [2.05, 4.69) is 34.8 Å². The lowest BCUT2D eigenvalue weighted by atomic mass is 10.1. The van der Waals surface area contributed by atoms with Crippen LogP contribution in [0.15, 0.2) is 22.9 Å². The molecule has 0 aromatic carbocycles. The number of rotatable bonds is 5. The lowest BCUT2D eigenvalue weighted by Crippen LogP contribution is -2.08. The molecule has 1 rings (SSSR count). The second kappa shape index (κ2) is 6.02.